The maximum absolute atomic E-state index is 12.0. The molecule has 0 aromatic rings. The van der Waals surface area contributed by atoms with Crippen molar-refractivity contribution in [1.29, 1.82) is 0 Å². The summed E-state index contributed by atoms with van der Waals surface area (Å²) in [6.07, 6.45) is 8.93. The van der Waals surface area contributed by atoms with Crippen LogP contribution in [0.15, 0.2) is 0 Å². The minimum Gasteiger partial charge on any atom is -0.444 e. The van der Waals surface area contributed by atoms with Crippen molar-refractivity contribution < 1.29 is 9.53 Å². The smallest absolute Gasteiger partial charge is 0.410 e. The first kappa shape index (κ1) is 15.6. The van der Waals surface area contributed by atoms with Gasteiger partial charge in [-0.25, -0.2) is 4.79 Å². The van der Waals surface area contributed by atoms with E-state index in [0.717, 1.165) is 19.5 Å². The molecule has 0 bridgehead atoms. The van der Waals surface area contributed by atoms with Crippen LogP contribution in [0.25, 0.3) is 0 Å². The molecule has 116 valence electrons. The number of nitrogens with one attached hydrogen (secondary N) is 1. The van der Waals surface area contributed by atoms with Crippen LogP contribution >= 0.6 is 0 Å². The van der Waals surface area contributed by atoms with Crippen LogP contribution in [-0.4, -0.2) is 41.8 Å². The molecule has 2 aliphatic rings. The number of nitrogens with zero attached hydrogens (tertiary/aromatic N) is 1. The summed E-state index contributed by atoms with van der Waals surface area (Å²) in [4.78, 5) is 13.9. The van der Waals surface area contributed by atoms with Gasteiger partial charge in [-0.1, -0.05) is 25.7 Å². The molecule has 1 amide bonds. The van der Waals surface area contributed by atoms with Crippen molar-refractivity contribution in [2.24, 2.45) is 0 Å². The molecule has 1 aliphatic heterocycles. The summed E-state index contributed by atoms with van der Waals surface area (Å²) in [5.41, 5.74) is -0.399. The van der Waals surface area contributed by atoms with Gasteiger partial charge in [-0.15, -0.1) is 0 Å². The van der Waals surface area contributed by atoms with Crippen LogP contribution in [0.1, 0.15) is 65.7 Å². The van der Waals surface area contributed by atoms with Gasteiger partial charge in [0.1, 0.15) is 5.60 Å². The molecule has 0 aromatic heterocycles. The van der Waals surface area contributed by atoms with Crippen LogP contribution in [0, 0.1) is 0 Å². The molecule has 0 radical (unpaired) electrons. The lowest BCUT2D eigenvalue weighted by Gasteiger charge is -2.25. The quantitative estimate of drug-likeness (QED) is 0.790. The zero-order chi connectivity index (χ0) is 14.6. The second-order valence-electron chi connectivity index (χ2n) is 7.27. The van der Waals surface area contributed by atoms with E-state index >= 15 is 0 Å². The van der Waals surface area contributed by atoms with Crippen molar-refractivity contribution >= 4 is 6.09 Å². The molecule has 1 heterocycles. The summed E-state index contributed by atoms with van der Waals surface area (Å²) in [5, 5.41) is 3.76. The minimum atomic E-state index is -0.399. The second-order valence-corrected chi connectivity index (χ2v) is 7.27. The first-order valence-corrected chi connectivity index (χ1v) is 8.18. The summed E-state index contributed by atoms with van der Waals surface area (Å²) < 4.78 is 5.44. The van der Waals surface area contributed by atoms with Crippen molar-refractivity contribution in [3.63, 3.8) is 0 Å². The van der Waals surface area contributed by atoms with Gasteiger partial charge >= 0.3 is 6.09 Å². The van der Waals surface area contributed by atoms with E-state index in [1.54, 1.807) is 0 Å². The lowest BCUT2D eigenvalue weighted by atomic mass is 10.1. The van der Waals surface area contributed by atoms with Gasteiger partial charge in [-0.2, -0.15) is 0 Å². The van der Waals surface area contributed by atoms with Gasteiger partial charge in [0, 0.05) is 25.2 Å². The summed E-state index contributed by atoms with van der Waals surface area (Å²) in [7, 11) is 0. The van der Waals surface area contributed by atoms with E-state index in [4.69, 9.17) is 4.74 Å². The van der Waals surface area contributed by atoms with Gasteiger partial charge in [0.25, 0.3) is 0 Å². The molecule has 0 unspecified atom stereocenters. The third-order valence-corrected chi connectivity index (χ3v) is 4.17. The SMILES string of the molecule is CC(C)(C)OC(=O)N1CC[C@H](NC2CCCCCC2)C1. The lowest BCUT2D eigenvalue weighted by Crippen LogP contribution is -2.41. The summed E-state index contributed by atoms with van der Waals surface area (Å²) in [6.45, 7) is 7.37. The van der Waals surface area contributed by atoms with E-state index in [-0.39, 0.29) is 6.09 Å². The Bertz CT molecular complexity index is 317. The highest BCUT2D eigenvalue weighted by atomic mass is 16.6. The molecule has 1 atom stereocenters. The van der Waals surface area contributed by atoms with Gasteiger partial charge in [0.05, 0.1) is 0 Å². The summed E-state index contributed by atoms with van der Waals surface area (Å²) in [5.74, 6) is 0. The van der Waals surface area contributed by atoms with Gasteiger partial charge < -0.3 is 15.0 Å². The van der Waals surface area contributed by atoms with E-state index in [1.165, 1.54) is 38.5 Å². The molecule has 1 saturated heterocycles. The van der Waals surface area contributed by atoms with Gasteiger partial charge in [0.2, 0.25) is 0 Å². The van der Waals surface area contributed by atoms with E-state index in [0.29, 0.717) is 12.1 Å². The van der Waals surface area contributed by atoms with Crippen LogP contribution in [0.5, 0.6) is 0 Å². The van der Waals surface area contributed by atoms with Crippen molar-refractivity contribution in [2.45, 2.75) is 83.4 Å². The van der Waals surface area contributed by atoms with E-state index in [2.05, 4.69) is 5.32 Å². The van der Waals surface area contributed by atoms with E-state index in [9.17, 15) is 4.79 Å². The Hall–Kier alpha value is -0.770. The average Bonchev–Trinajstić information content (AvgIpc) is 2.64. The maximum Gasteiger partial charge on any atom is 0.410 e. The molecule has 0 aromatic carbocycles. The zero-order valence-corrected chi connectivity index (χ0v) is 13.3. The maximum atomic E-state index is 12.0. The monoisotopic (exact) mass is 282 g/mol. The topological polar surface area (TPSA) is 41.6 Å². The number of carbonyl (C=O) groups is 1. The fraction of sp³-hybridized carbons (Fsp3) is 0.938. The highest BCUT2D eigenvalue weighted by Gasteiger charge is 2.30. The molecule has 2 rings (SSSR count). The molecule has 0 spiro atoms. The van der Waals surface area contributed by atoms with Crippen molar-refractivity contribution in [3.8, 4) is 0 Å². The highest BCUT2D eigenvalue weighted by Crippen LogP contribution is 2.20. The number of likely N-dealkylation sites (tertiary alicyclic amines) is 1. The van der Waals surface area contributed by atoms with Crippen LogP contribution in [0.3, 0.4) is 0 Å². The molecule has 20 heavy (non-hydrogen) atoms. The number of ether oxygens (including phenoxy) is 1. The standard InChI is InChI=1S/C16H30N2O2/c1-16(2,3)20-15(19)18-11-10-14(12-18)17-13-8-6-4-5-7-9-13/h13-14,17H,4-12H2,1-3H3/t14-/m0/s1. The molecule has 1 saturated carbocycles. The second kappa shape index (κ2) is 6.79. The summed E-state index contributed by atoms with van der Waals surface area (Å²) in [6, 6.07) is 1.10. The minimum absolute atomic E-state index is 0.164. The van der Waals surface area contributed by atoms with Crippen LogP contribution in [-0.2, 0) is 4.74 Å². The zero-order valence-electron chi connectivity index (χ0n) is 13.3. The number of rotatable bonds is 2. The number of hydrogen-bond acceptors (Lipinski definition) is 3. The highest BCUT2D eigenvalue weighted by molar-refractivity contribution is 5.68. The van der Waals surface area contributed by atoms with Gasteiger partial charge in [-0.3, -0.25) is 0 Å². The first-order chi connectivity index (χ1) is 9.44. The Morgan fingerprint density at radius 3 is 2.30 bits per heavy atom. The van der Waals surface area contributed by atoms with Crippen molar-refractivity contribution in [2.75, 3.05) is 13.1 Å². The largest absolute Gasteiger partial charge is 0.444 e. The Kier molecular flexibility index (Phi) is 5.30. The number of hydrogen-bond donors (Lipinski definition) is 1. The Labute approximate surface area is 123 Å². The number of amides is 1. The third-order valence-electron chi connectivity index (χ3n) is 4.17. The predicted octanol–water partition coefficient (Wildman–Crippen LogP) is 3.31. The fourth-order valence-electron chi connectivity index (χ4n) is 3.17. The Morgan fingerprint density at radius 1 is 1.05 bits per heavy atom. The molecule has 1 N–H and O–H groups in total. The lowest BCUT2D eigenvalue weighted by molar-refractivity contribution is 0.0290. The van der Waals surface area contributed by atoms with Gasteiger partial charge in [-0.05, 0) is 40.0 Å². The predicted molar refractivity (Wildman–Crippen MR) is 80.8 cm³/mol. The Balaban J connectivity index is 1.75. The molecular weight excluding hydrogens is 252 g/mol. The van der Waals surface area contributed by atoms with E-state index in [1.807, 2.05) is 25.7 Å². The van der Waals surface area contributed by atoms with Crippen molar-refractivity contribution in [1.82, 2.24) is 10.2 Å². The third kappa shape index (κ3) is 4.97. The number of carbonyl (C=O) groups excluding carboxylic acids is 1. The molecule has 4 heteroatoms. The molecule has 1 aliphatic carbocycles. The van der Waals surface area contributed by atoms with Crippen LogP contribution in [0.4, 0.5) is 4.79 Å². The average molecular weight is 282 g/mol. The van der Waals surface area contributed by atoms with Crippen molar-refractivity contribution in [3.05, 3.63) is 0 Å². The van der Waals surface area contributed by atoms with Gasteiger partial charge in [0.15, 0.2) is 0 Å². The molecule has 4 nitrogen and oxygen atoms in total. The first-order valence-electron chi connectivity index (χ1n) is 8.18. The van der Waals surface area contributed by atoms with Crippen LogP contribution < -0.4 is 5.32 Å². The molecular formula is C16H30N2O2. The van der Waals surface area contributed by atoms with Crippen LogP contribution in [0.2, 0.25) is 0 Å². The molecule has 2 fully saturated rings. The normalized spacial score (nSPS) is 25.6. The van der Waals surface area contributed by atoms with E-state index < -0.39 is 5.60 Å². The summed E-state index contributed by atoms with van der Waals surface area (Å²) >= 11 is 0. The fourth-order valence-corrected chi connectivity index (χ4v) is 3.17. The Morgan fingerprint density at radius 2 is 1.70 bits per heavy atom.